The Labute approximate surface area is 259 Å². The normalized spacial score (nSPS) is 18.1. The summed E-state index contributed by atoms with van der Waals surface area (Å²) in [5.41, 5.74) is 0.476. The first kappa shape index (κ1) is 29.0. The fourth-order valence-corrected chi connectivity index (χ4v) is 6.24. The molecule has 0 bridgehead atoms. The number of carbonyl (C=O) groups is 2. The zero-order valence-electron chi connectivity index (χ0n) is 24.2. The molecule has 0 spiro atoms. The van der Waals surface area contributed by atoms with Gasteiger partial charge in [0, 0.05) is 30.4 Å². The minimum Gasteiger partial charge on any atom is -0.345 e. The van der Waals surface area contributed by atoms with Crippen molar-refractivity contribution < 1.29 is 18.4 Å². The van der Waals surface area contributed by atoms with Crippen molar-refractivity contribution in [3.8, 4) is 16.8 Å². The highest BCUT2D eigenvalue weighted by Crippen LogP contribution is 2.31. The lowest BCUT2D eigenvalue weighted by Gasteiger charge is -2.33. The van der Waals surface area contributed by atoms with E-state index in [0.29, 0.717) is 17.5 Å². The molecule has 1 fully saturated rings. The molecule has 3 unspecified atom stereocenters. The van der Waals surface area contributed by atoms with Crippen LogP contribution >= 0.6 is 0 Å². The van der Waals surface area contributed by atoms with Gasteiger partial charge in [-0.3, -0.25) is 19.0 Å². The Bertz CT molecular complexity index is 2230. The maximum absolute atomic E-state index is 15.7. The van der Waals surface area contributed by atoms with Gasteiger partial charge in [0.2, 0.25) is 0 Å². The van der Waals surface area contributed by atoms with E-state index in [1.54, 1.807) is 53.2 Å². The van der Waals surface area contributed by atoms with E-state index in [2.05, 4.69) is 15.3 Å². The number of hydrogen-bond donors (Lipinski definition) is 1. The van der Waals surface area contributed by atoms with Crippen LogP contribution in [-0.2, 0) is 0 Å². The average Bonchev–Trinajstić information content (AvgIpc) is 3.51. The number of alkyl halides is 1. The maximum Gasteiger partial charge on any atom is 0.337 e. The number of aldehydes is 1. The van der Waals surface area contributed by atoms with Crippen molar-refractivity contribution in [1.29, 1.82) is 0 Å². The molecule has 4 heterocycles. The van der Waals surface area contributed by atoms with Gasteiger partial charge >= 0.3 is 5.69 Å². The molecule has 0 saturated heterocycles. The summed E-state index contributed by atoms with van der Waals surface area (Å²) in [4.78, 5) is 61.7. The highest BCUT2D eigenvalue weighted by Gasteiger charge is 2.35. The van der Waals surface area contributed by atoms with Crippen LogP contribution in [0.1, 0.15) is 46.2 Å². The maximum atomic E-state index is 15.7. The number of halogens is 2. The van der Waals surface area contributed by atoms with E-state index in [4.69, 9.17) is 0 Å². The van der Waals surface area contributed by atoms with Gasteiger partial charge < -0.3 is 9.72 Å². The zero-order valence-corrected chi connectivity index (χ0v) is 24.2. The largest absolute Gasteiger partial charge is 0.345 e. The molecule has 1 saturated carbocycles. The van der Waals surface area contributed by atoms with Gasteiger partial charge in [-0.1, -0.05) is 48.5 Å². The van der Waals surface area contributed by atoms with Crippen molar-refractivity contribution in [2.24, 2.45) is 0 Å². The molecule has 1 N–H and O–H groups in total. The number of amides is 1. The van der Waals surface area contributed by atoms with Crippen LogP contribution in [0.2, 0.25) is 0 Å². The molecule has 230 valence electrons. The lowest BCUT2D eigenvalue weighted by atomic mass is 9.89. The molecule has 10 nitrogen and oxygen atoms in total. The lowest BCUT2D eigenvalue weighted by Crippen LogP contribution is -2.49. The van der Waals surface area contributed by atoms with E-state index in [9.17, 15) is 23.6 Å². The Morgan fingerprint density at radius 3 is 2.57 bits per heavy atom. The molecule has 2 aromatic carbocycles. The van der Waals surface area contributed by atoms with E-state index in [1.807, 2.05) is 30.3 Å². The predicted molar refractivity (Wildman–Crippen MR) is 167 cm³/mol. The third-order valence-electron chi connectivity index (χ3n) is 8.44. The Balaban J connectivity index is 1.27. The number of nitrogens with zero attached hydrogens (tertiary/aromatic N) is 5. The van der Waals surface area contributed by atoms with Gasteiger partial charge in [-0.2, -0.15) is 0 Å². The molecule has 46 heavy (non-hydrogen) atoms. The fraction of sp³-hybridized carbons (Fsp3) is 0.176. The van der Waals surface area contributed by atoms with E-state index in [-0.39, 0.29) is 47.2 Å². The Morgan fingerprint density at radius 1 is 1.00 bits per heavy atom. The highest BCUT2D eigenvalue weighted by atomic mass is 19.1. The fourth-order valence-electron chi connectivity index (χ4n) is 6.24. The van der Waals surface area contributed by atoms with Gasteiger partial charge in [0.05, 0.1) is 23.3 Å². The van der Waals surface area contributed by atoms with Crippen LogP contribution in [0, 0.1) is 5.82 Å². The number of hydrogen-bond acceptors (Lipinski definition) is 6. The molecule has 12 heteroatoms. The minimum atomic E-state index is -1.60. The lowest BCUT2D eigenvalue weighted by molar-refractivity contribution is 0.0850. The summed E-state index contributed by atoms with van der Waals surface area (Å²) in [6.45, 7) is 0. The monoisotopic (exact) mass is 620 g/mol. The van der Waals surface area contributed by atoms with Crippen LogP contribution in [0.3, 0.4) is 0 Å². The predicted octanol–water partition coefficient (Wildman–Crippen LogP) is 4.68. The summed E-state index contributed by atoms with van der Waals surface area (Å²) < 4.78 is 33.8. The van der Waals surface area contributed by atoms with Gasteiger partial charge in [0.1, 0.15) is 23.3 Å². The van der Waals surface area contributed by atoms with E-state index >= 15 is 4.39 Å². The molecule has 1 amide bonds. The molecule has 4 aromatic heterocycles. The molecule has 3 atom stereocenters. The third kappa shape index (κ3) is 4.97. The van der Waals surface area contributed by atoms with Crippen LogP contribution in [0.15, 0.2) is 101 Å². The van der Waals surface area contributed by atoms with Crippen LogP contribution in [0.5, 0.6) is 0 Å². The number of rotatable bonds is 6. The van der Waals surface area contributed by atoms with Crippen molar-refractivity contribution in [1.82, 2.24) is 28.8 Å². The first-order valence-corrected chi connectivity index (χ1v) is 14.7. The van der Waals surface area contributed by atoms with E-state index < -0.39 is 41.2 Å². The highest BCUT2D eigenvalue weighted by molar-refractivity contribution is 5.94. The Kier molecular flexibility index (Phi) is 7.31. The summed E-state index contributed by atoms with van der Waals surface area (Å²) in [7, 11) is 0. The number of fused-ring (bicyclic) bond motifs is 2. The second-order valence-corrected chi connectivity index (χ2v) is 11.2. The first-order valence-electron chi connectivity index (χ1n) is 14.7. The topological polar surface area (TPSA) is 120 Å². The number of benzene rings is 2. The SMILES string of the molecule is O=Cc1c(-c2ccccc2)cccc1-n1c(=O)n(C2CCC(NC(=O)c3cn4ccccc4n3)C(F)C2)c(=O)c2cc(F)cnc21. The first-order chi connectivity index (χ1) is 22.3. The number of imidazole rings is 1. The third-order valence-corrected chi connectivity index (χ3v) is 8.44. The van der Waals surface area contributed by atoms with E-state index in [1.165, 1.54) is 0 Å². The molecular weight excluding hydrogens is 594 g/mol. The summed E-state index contributed by atoms with van der Waals surface area (Å²) in [5, 5.41) is 2.50. The van der Waals surface area contributed by atoms with Crippen molar-refractivity contribution >= 4 is 28.9 Å². The second-order valence-electron chi connectivity index (χ2n) is 11.2. The molecule has 1 aliphatic rings. The standard InChI is InChI=1S/C34H26F2N6O4/c35-21-15-24-31(37-17-21)42(29-10-6-9-23(25(29)19-43)20-7-2-1-3-8-20)34(46)41(33(24)45)22-12-13-27(26(36)16-22)39-32(44)28-18-40-14-5-4-11-30(40)38-28/h1-11,14-15,17-19,22,26-27H,12-13,16H2,(H,39,44). The van der Waals surface area contributed by atoms with Crippen LogP contribution in [0.25, 0.3) is 33.5 Å². The number of pyridine rings is 2. The molecular formula is C34H26F2N6O4. The molecule has 6 aromatic rings. The Hall–Kier alpha value is -5.78. The van der Waals surface area contributed by atoms with Gasteiger partial charge in [-0.15, -0.1) is 0 Å². The van der Waals surface area contributed by atoms with Crippen molar-refractivity contribution in [3.05, 3.63) is 129 Å². The number of aromatic nitrogens is 5. The Morgan fingerprint density at radius 2 is 1.80 bits per heavy atom. The number of carbonyl (C=O) groups excluding carboxylic acids is 2. The summed E-state index contributed by atoms with van der Waals surface area (Å²) in [5.74, 6) is -1.34. The molecule has 7 rings (SSSR count). The number of nitrogens with one attached hydrogen (secondary N) is 1. The quantitative estimate of drug-likeness (QED) is 0.270. The minimum absolute atomic E-state index is 0.124. The molecule has 1 aliphatic carbocycles. The van der Waals surface area contributed by atoms with E-state index in [0.717, 1.165) is 27.0 Å². The second kappa shape index (κ2) is 11.6. The van der Waals surface area contributed by atoms with Crippen LogP contribution in [0.4, 0.5) is 8.78 Å². The summed E-state index contributed by atoms with van der Waals surface area (Å²) in [6.07, 6.45) is 3.23. The zero-order chi connectivity index (χ0) is 31.9. The summed E-state index contributed by atoms with van der Waals surface area (Å²) >= 11 is 0. The smallest absolute Gasteiger partial charge is 0.337 e. The van der Waals surface area contributed by atoms with Crippen molar-refractivity contribution in [2.45, 2.75) is 37.5 Å². The van der Waals surface area contributed by atoms with Gasteiger partial charge in [-0.25, -0.2) is 28.1 Å². The van der Waals surface area contributed by atoms with Crippen LogP contribution < -0.4 is 16.6 Å². The molecule has 0 radical (unpaired) electrons. The van der Waals surface area contributed by atoms with Gasteiger partial charge in [0.15, 0.2) is 11.9 Å². The van der Waals surface area contributed by atoms with Gasteiger partial charge in [0.25, 0.3) is 11.5 Å². The van der Waals surface area contributed by atoms with Crippen LogP contribution in [-0.4, -0.2) is 47.9 Å². The van der Waals surface area contributed by atoms with Gasteiger partial charge in [-0.05, 0) is 48.2 Å². The van der Waals surface area contributed by atoms with Crippen molar-refractivity contribution in [3.63, 3.8) is 0 Å². The average molecular weight is 621 g/mol. The summed E-state index contributed by atoms with van der Waals surface area (Å²) in [6, 6.07) is 18.5. The van der Waals surface area contributed by atoms with Crippen molar-refractivity contribution in [2.75, 3.05) is 0 Å². The molecule has 0 aliphatic heterocycles.